The van der Waals surface area contributed by atoms with Gasteiger partial charge >= 0.3 is 0 Å². The van der Waals surface area contributed by atoms with Gasteiger partial charge < -0.3 is 5.73 Å². The molecule has 8 nitrogen and oxygen atoms in total. The summed E-state index contributed by atoms with van der Waals surface area (Å²) in [6, 6.07) is 7.73. The van der Waals surface area contributed by atoms with Crippen molar-refractivity contribution in [3.63, 3.8) is 0 Å². The smallest absolute Gasteiger partial charge is 0.252 e. The third kappa shape index (κ3) is 4.09. The molecule has 1 atom stereocenters. The summed E-state index contributed by atoms with van der Waals surface area (Å²) in [5.41, 5.74) is 10.4. The fourth-order valence-electron chi connectivity index (χ4n) is 3.09. The van der Waals surface area contributed by atoms with E-state index in [0.29, 0.717) is 17.4 Å². The van der Waals surface area contributed by atoms with Crippen molar-refractivity contribution in [1.82, 2.24) is 24.9 Å². The SMILES string of the molecule is Cc1cc(-c2ncc(CN3N=C(c4ncccn4)SC3C(N)=O)cc2C)ccn1. The van der Waals surface area contributed by atoms with Crippen LogP contribution < -0.4 is 5.73 Å². The van der Waals surface area contributed by atoms with Gasteiger partial charge in [-0.1, -0.05) is 17.8 Å². The Morgan fingerprint density at radius 2 is 1.93 bits per heavy atom. The first-order chi connectivity index (χ1) is 14.0. The van der Waals surface area contributed by atoms with Crippen LogP contribution in [0.2, 0.25) is 0 Å². The highest BCUT2D eigenvalue weighted by Gasteiger charge is 2.33. The lowest BCUT2D eigenvalue weighted by atomic mass is 10.1. The molecule has 0 radical (unpaired) electrons. The van der Waals surface area contributed by atoms with Crippen LogP contribution in [0.1, 0.15) is 22.6 Å². The molecule has 29 heavy (non-hydrogen) atoms. The average molecular weight is 405 g/mol. The van der Waals surface area contributed by atoms with Crippen molar-refractivity contribution in [3.05, 3.63) is 71.7 Å². The molecule has 1 unspecified atom stereocenters. The molecule has 0 aromatic carbocycles. The zero-order chi connectivity index (χ0) is 20.4. The molecule has 0 bridgehead atoms. The number of hydrogen-bond acceptors (Lipinski definition) is 8. The van der Waals surface area contributed by atoms with E-state index in [4.69, 9.17) is 5.73 Å². The molecular formula is C20H19N7OS. The Kier molecular flexibility index (Phi) is 5.22. The Labute approximate surface area is 172 Å². The molecular weight excluding hydrogens is 386 g/mol. The molecule has 0 aliphatic carbocycles. The van der Waals surface area contributed by atoms with E-state index in [-0.39, 0.29) is 0 Å². The van der Waals surface area contributed by atoms with Crippen molar-refractivity contribution in [1.29, 1.82) is 0 Å². The first-order valence-corrected chi connectivity index (χ1v) is 9.86. The highest BCUT2D eigenvalue weighted by molar-refractivity contribution is 8.15. The van der Waals surface area contributed by atoms with E-state index in [0.717, 1.165) is 28.1 Å². The molecule has 3 aromatic rings. The molecule has 9 heteroatoms. The molecule has 1 aliphatic heterocycles. The van der Waals surface area contributed by atoms with Crippen molar-refractivity contribution < 1.29 is 4.79 Å². The molecule has 3 aromatic heterocycles. The average Bonchev–Trinajstić information content (AvgIpc) is 3.13. The molecule has 1 aliphatic rings. The molecule has 2 N–H and O–H groups in total. The lowest BCUT2D eigenvalue weighted by Gasteiger charge is -2.20. The van der Waals surface area contributed by atoms with E-state index < -0.39 is 11.3 Å². The van der Waals surface area contributed by atoms with Gasteiger partial charge in [-0.25, -0.2) is 9.97 Å². The number of carbonyl (C=O) groups is 1. The second kappa shape index (κ2) is 7.96. The van der Waals surface area contributed by atoms with Gasteiger partial charge in [-0.15, -0.1) is 0 Å². The zero-order valence-electron chi connectivity index (χ0n) is 16.0. The van der Waals surface area contributed by atoms with Crippen LogP contribution in [-0.4, -0.2) is 41.3 Å². The van der Waals surface area contributed by atoms with Crippen molar-refractivity contribution in [2.24, 2.45) is 10.8 Å². The summed E-state index contributed by atoms with van der Waals surface area (Å²) in [5.74, 6) is 0.0159. The molecule has 4 rings (SSSR count). The van der Waals surface area contributed by atoms with Gasteiger partial charge in [0, 0.05) is 36.0 Å². The van der Waals surface area contributed by atoms with Crippen LogP contribution in [0.3, 0.4) is 0 Å². The van der Waals surface area contributed by atoms with Gasteiger partial charge in [-0.05, 0) is 43.2 Å². The van der Waals surface area contributed by atoms with Crippen molar-refractivity contribution in [3.8, 4) is 11.3 Å². The number of nitrogens with two attached hydrogens (primary N) is 1. The zero-order valence-corrected chi connectivity index (χ0v) is 16.8. The number of hydrazone groups is 1. The Balaban J connectivity index is 1.59. The number of primary amides is 1. The van der Waals surface area contributed by atoms with E-state index in [9.17, 15) is 4.79 Å². The highest BCUT2D eigenvalue weighted by atomic mass is 32.2. The predicted molar refractivity (Wildman–Crippen MR) is 112 cm³/mol. The van der Waals surface area contributed by atoms with Gasteiger partial charge in [0.25, 0.3) is 5.91 Å². The maximum Gasteiger partial charge on any atom is 0.252 e. The van der Waals surface area contributed by atoms with E-state index in [1.165, 1.54) is 11.8 Å². The van der Waals surface area contributed by atoms with E-state index in [1.54, 1.807) is 35.9 Å². The van der Waals surface area contributed by atoms with Gasteiger partial charge in [-0.2, -0.15) is 5.10 Å². The van der Waals surface area contributed by atoms with Crippen LogP contribution >= 0.6 is 11.8 Å². The number of hydrogen-bond donors (Lipinski definition) is 1. The lowest BCUT2D eigenvalue weighted by molar-refractivity contribution is -0.120. The predicted octanol–water partition coefficient (Wildman–Crippen LogP) is 2.27. The molecule has 4 heterocycles. The third-order valence-electron chi connectivity index (χ3n) is 4.36. The summed E-state index contributed by atoms with van der Waals surface area (Å²) >= 11 is 1.25. The summed E-state index contributed by atoms with van der Waals surface area (Å²) < 4.78 is 0. The standard InChI is InChI=1S/C20H19N7OS/c1-12-8-14(10-25-16(12)15-4-7-22-13(2)9-15)11-27-20(17(21)28)29-19(26-27)18-23-5-3-6-24-18/h3-10,20H,11H2,1-2H3,(H2,21,28). The summed E-state index contributed by atoms with van der Waals surface area (Å²) in [6.07, 6.45) is 6.86. The van der Waals surface area contributed by atoms with Gasteiger partial charge in [0.15, 0.2) is 16.2 Å². The Morgan fingerprint density at radius 3 is 2.62 bits per heavy atom. The molecule has 0 spiro atoms. The number of aromatic nitrogens is 4. The second-order valence-corrected chi connectivity index (χ2v) is 7.71. The van der Waals surface area contributed by atoms with Gasteiger partial charge in [0.1, 0.15) is 0 Å². The van der Waals surface area contributed by atoms with E-state index in [2.05, 4.69) is 25.0 Å². The fraction of sp³-hybridized carbons (Fsp3) is 0.200. The number of rotatable bonds is 5. The monoisotopic (exact) mass is 405 g/mol. The minimum Gasteiger partial charge on any atom is -0.367 e. The maximum absolute atomic E-state index is 11.9. The summed E-state index contributed by atoms with van der Waals surface area (Å²) in [5, 5.41) is 6.15. The van der Waals surface area contributed by atoms with Crippen molar-refractivity contribution in [2.45, 2.75) is 25.8 Å². The van der Waals surface area contributed by atoms with Crippen molar-refractivity contribution >= 4 is 22.7 Å². The number of thioether (sulfide) groups is 1. The topological polar surface area (TPSA) is 110 Å². The van der Waals surface area contributed by atoms with Crippen LogP contribution in [0.5, 0.6) is 0 Å². The summed E-state index contributed by atoms with van der Waals surface area (Å²) in [7, 11) is 0. The molecule has 0 saturated heterocycles. The summed E-state index contributed by atoms with van der Waals surface area (Å²) in [4.78, 5) is 29.2. The largest absolute Gasteiger partial charge is 0.367 e. The van der Waals surface area contributed by atoms with Crippen LogP contribution in [-0.2, 0) is 11.3 Å². The van der Waals surface area contributed by atoms with E-state index in [1.807, 2.05) is 32.0 Å². The van der Waals surface area contributed by atoms with Gasteiger partial charge in [0.05, 0.1) is 12.2 Å². The first kappa shape index (κ1) is 19.0. The number of carbonyl (C=O) groups excluding carboxylic acids is 1. The first-order valence-electron chi connectivity index (χ1n) is 8.98. The summed E-state index contributed by atoms with van der Waals surface area (Å²) in [6.45, 7) is 4.37. The lowest BCUT2D eigenvalue weighted by Crippen LogP contribution is -2.36. The minimum absolute atomic E-state index is 0.403. The fourth-order valence-corrected chi connectivity index (χ4v) is 4.02. The highest BCUT2D eigenvalue weighted by Crippen LogP contribution is 2.30. The van der Waals surface area contributed by atoms with Crippen LogP contribution in [0.15, 0.2) is 54.2 Å². The Hall–Kier alpha value is -3.33. The van der Waals surface area contributed by atoms with Crippen LogP contribution in [0, 0.1) is 13.8 Å². The molecule has 0 fully saturated rings. The Bertz CT molecular complexity index is 1090. The maximum atomic E-state index is 11.9. The Morgan fingerprint density at radius 1 is 1.14 bits per heavy atom. The molecule has 1 amide bonds. The normalized spacial score (nSPS) is 16.0. The van der Waals surface area contributed by atoms with Crippen molar-refractivity contribution in [2.75, 3.05) is 0 Å². The minimum atomic E-state index is -0.614. The second-order valence-electron chi connectivity index (χ2n) is 6.64. The number of pyridine rings is 2. The quantitative estimate of drug-likeness (QED) is 0.693. The number of amides is 1. The van der Waals surface area contributed by atoms with Crippen LogP contribution in [0.4, 0.5) is 0 Å². The van der Waals surface area contributed by atoms with Gasteiger partial charge in [0.2, 0.25) is 0 Å². The molecule has 146 valence electrons. The number of nitrogens with zero attached hydrogens (tertiary/aromatic N) is 6. The van der Waals surface area contributed by atoms with Crippen LogP contribution in [0.25, 0.3) is 11.3 Å². The molecule has 0 saturated carbocycles. The van der Waals surface area contributed by atoms with E-state index >= 15 is 0 Å². The number of aryl methyl sites for hydroxylation is 2. The third-order valence-corrected chi connectivity index (χ3v) is 5.55. The van der Waals surface area contributed by atoms with Gasteiger partial charge in [-0.3, -0.25) is 19.8 Å².